The molecule has 0 aliphatic carbocycles. The van der Waals surface area contributed by atoms with Crippen LogP contribution in [0.1, 0.15) is 27.2 Å². The topological polar surface area (TPSA) is 87.2 Å². The van der Waals surface area contributed by atoms with Crippen LogP contribution in [-0.2, 0) is 14.8 Å². The van der Waals surface area contributed by atoms with Crippen LogP contribution in [0, 0.1) is 5.92 Å². The molecule has 2 aliphatic rings. The molecular formula is C25H32N2O5S. The first kappa shape index (κ1) is 24.8. The molecule has 1 aromatic carbocycles. The second kappa shape index (κ2) is 10.4. The van der Waals surface area contributed by atoms with Gasteiger partial charge in [-0.15, -0.1) is 0 Å². The Morgan fingerprint density at radius 2 is 1.91 bits per heavy atom. The zero-order chi connectivity index (χ0) is 24.2. The summed E-state index contributed by atoms with van der Waals surface area (Å²) in [6.07, 6.45) is 9.18. The van der Waals surface area contributed by atoms with Crippen molar-refractivity contribution < 1.29 is 23.1 Å². The lowest BCUT2D eigenvalue weighted by Crippen LogP contribution is -2.38. The number of sulfonamides is 1. The van der Waals surface area contributed by atoms with Crippen molar-refractivity contribution in [1.29, 1.82) is 0 Å². The van der Waals surface area contributed by atoms with Gasteiger partial charge in [-0.2, -0.15) is 4.31 Å². The Bertz CT molecular complexity index is 1070. The predicted molar refractivity (Wildman–Crippen MR) is 128 cm³/mol. The summed E-state index contributed by atoms with van der Waals surface area (Å²) < 4.78 is 33.8. The van der Waals surface area contributed by atoms with E-state index in [0.29, 0.717) is 36.5 Å². The van der Waals surface area contributed by atoms with Gasteiger partial charge < -0.3 is 14.7 Å². The zero-order valence-corrected chi connectivity index (χ0v) is 20.2. The van der Waals surface area contributed by atoms with Crippen LogP contribution in [0.4, 0.5) is 0 Å². The largest absolute Gasteiger partial charge is 0.491 e. The minimum absolute atomic E-state index is 0.00840. The number of aliphatic carboxylic acids is 1. The van der Waals surface area contributed by atoms with Gasteiger partial charge in [0.15, 0.2) is 0 Å². The van der Waals surface area contributed by atoms with Crippen LogP contribution in [-0.4, -0.2) is 60.5 Å². The number of ether oxygens (including phenoxy) is 1. The maximum absolute atomic E-state index is 13.3. The molecular weight excluding hydrogens is 440 g/mol. The first-order valence-electron chi connectivity index (χ1n) is 11.1. The van der Waals surface area contributed by atoms with Crippen LogP contribution in [0.2, 0.25) is 0 Å². The van der Waals surface area contributed by atoms with Crippen LogP contribution in [0.25, 0.3) is 0 Å². The van der Waals surface area contributed by atoms with Crippen molar-refractivity contribution in [2.24, 2.45) is 5.92 Å². The summed E-state index contributed by atoms with van der Waals surface area (Å²) >= 11 is 0. The fourth-order valence-electron chi connectivity index (χ4n) is 4.07. The van der Waals surface area contributed by atoms with Gasteiger partial charge in [0.05, 0.1) is 17.4 Å². The number of carboxylic acid groups (broad SMARTS) is 1. The lowest BCUT2D eigenvalue weighted by molar-refractivity contribution is -0.136. The van der Waals surface area contributed by atoms with E-state index < -0.39 is 16.0 Å². The maximum Gasteiger partial charge on any atom is 0.307 e. The van der Waals surface area contributed by atoms with Gasteiger partial charge >= 0.3 is 5.97 Å². The number of hydrogen-bond acceptors (Lipinski definition) is 5. The monoisotopic (exact) mass is 472 g/mol. The highest BCUT2D eigenvalue weighted by Crippen LogP contribution is 2.30. The van der Waals surface area contributed by atoms with Gasteiger partial charge in [-0.3, -0.25) is 4.79 Å². The number of benzene rings is 1. The molecule has 2 atom stereocenters. The molecule has 1 N–H and O–H groups in total. The van der Waals surface area contributed by atoms with Crippen molar-refractivity contribution in [3.05, 3.63) is 72.5 Å². The van der Waals surface area contributed by atoms with Gasteiger partial charge in [0.1, 0.15) is 5.75 Å². The molecule has 0 aromatic heterocycles. The SMILES string of the molecule is C=C1/C=C\C=C/CN([C@H]2CN(S(=O)(=O)c3ccc(OC(C)C)cc3)C[C@H]2C)C=C1CC(=O)O. The van der Waals surface area contributed by atoms with Crippen molar-refractivity contribution in [3.8, 4) is 5.75 Å². The lowest BCUT2D eigenvalue weighted by Gasteiger charge is -2.30. The van der Waals surface area contributed by atoms with E-state index in [1.54, 1.807) is 30.3 Å². The Hall–Kier alpha value is -2.84. The van der Waals surface area contributed by atoms with Gasteiger partial charge in [-0.25, -0.2) is 8.42 Å². The summed E-state index contributed by atoms with van der Waals surface area (Å²) in [5.41, 5.74) is 1.24. The van der Waals surface area contributed by atoms with E-state index in [0.717, 1.165) is 0 Å². The lowest BCUT2D eigenvalue weighted by atomic mass is 10.0. The minimum Gasteiger partial charge on any atom is -0.491 e. The van der Waals surface area contributed by atoms with E-state index in [-0.39, 0.29) is 29.4 Å². The Labute approximate surface area is 196 Å². The van der Waals surface area contributed by atoms with E-state index in [1.807, 2.05) is 50.1 Å². The molecule has 0 bridgehead atoms. The fourth-order valence-corrected chi connectivity index (χ4v) is 5.63. The average molecular weight is 473 g/mol. The van der Waals surface area contributed by atoms with Crippen molar-refractivity contribution in [3.63, 3.8) is 0 Å². The second-order valence-corrected chi connectivity index (χ2v) is 10.7. The third-order valence-corrected chi connectivity index (χ3v) is 7.58. The summed E-state index contributed by atoms with van der Waals surface area (Å²) in [7, 11) is -3.67. The molecule has 2 heterocycles. The van der Waals surface area contributed by atoms with Crippen LogP contribution >= 0.6 is 0 Å². The summed E-state index contributed by atoms with van der Waals surface area (Å²) in [5, 5.41) is 9.33. The number of hydrogen-bond donors (Lipinski definition) is 1. The second-order valence-electron chi connectivity index (χ2n) is 8.74. The Kier molecular flexibility index (Phi) is 7.81. The Morgan fingerprint density at radius 3 is 2.55 bits per heavy atom. The Morgan fingerprint density at radius 1 is 1.21 bits per heavy atom. The van der Waals surface area contributed by atoms with Crippen LogP contribution in [0.3, 0.4) is 0 Å². The van der Waals surface area contributed by atoms with E-state index in [2.05, 4.69) is 6.58 Å². The normalized spacial score (nSPS) is 24.1. The number of carboxylic acids is 1. The van der Waals surface area contributed by atoms with Crippen molar-refractivity contribution in [1.82, 2.24) is 9.21 Å². The predicted octanol–water partition coefficient (Wildman–Crippen LogP) is 3.83. The average Bonchev–Trinajstić information content (AvgIpc) is 3.16. The summed E-state index contributed by atoms with van der Waals surface area (Å²) in [4.78, 5) is 13.6. The molecule has 1 fully saturated rings. The van der Waals surface area contributed by atoms with Gasteiger partial charge in [-0.05, 0) is 55.2 Å². The molecule has 0 unspecified atom stereocenters. The third kappa shape index (κ3) is 6.15. The van der Waals surface area contributed by atoms with E-state index in [9.17, 15) is 18.3 Å². The molecule has 7 nitrogen and oxygen atoms in total. The van der Waals surface area contributed by atoms with Crippen LogP contribution in [0.15, 0.2) is 77.4 Å². The van der Waals surface area contributed by atoms with Crippen molar-refractivity contribution in [2.75, 3.05) is 19.6 Å². The highest BCUT2D eigenvalue weighted by molar-refractivity contribution is 7.89. The van der Waals surface area contributed by atoms with Crippen LogP contribution < -0.4 is 4.74 Å². The molecule has 0 amide bonds. The van der Waals surface area contributed by atoms with E-state index in [4.69, 9.17) is 4.74 Å². The van der Waals surface area contributed by atoms with Crippen molar-refractivity contribution in [2.45, 2.75) is 44.2 Å². The van der Waals surface area contributed by atoms with E-state index >= 15 is 0 Å². The highest BCUT2D eigenvalue weighted by atomic mass is 32.2. The quantitative estimate of drug-likeness (QED) is 0.649. The number of allylic oxidation sites excluding steroid dienone is 4. The van der Waals surface area contributed by atoms with Gasteiger partial charge in [0, 0.05) is 31.9 Å². The van der Waals surface area contributed by atoms with Gasteiger partial charge in [0.25, 0.3) is 0 Å². The molecule has 2 aliphatic heterocycles. The fraction of sp³-hybridized carbons (Fsp3) is 0.400. The molecule has 3 rings (SSSR count). The van der Waals surface area contributed by atoms with Crippen molar-refractivity contribution >= 4 is 16.0 Å². The summed E-state index contributed by atoms with van der Waals surface area (Å²) in [6, 6.07) is 6.41. The first-order chi connectivity index (χ1) is 15.6. The summed E-state index contributed by atoms with van der Waals surface area (Å²) in [5.74, 6) is -0.248. The molecule has 0 spiro atoms. The van der Waals surface area contributed by atoms with Gasteiger partial charge in [0.2, 0.25) is 10.0 Å². The molecule has 33 heavy (non-hydrogen) atoms. The number of nitrogens with zero attached hydrogens (tertiary/aromatic N) is 2. The standard InChI is InChI=1S/C25H32N2O5S/c1-18(2)32-22-9-11-23(12-10-22)33(30,31)27-15-20(4)24(17-27)26-13-7-5-6-8-19(3)21(16-26)14-25(28)29/h5-12,16,18,20,24H,3,13-15,17H2,1-2,4H3,(H,28,29)/b7-5-,8-6-,21-16?/t20-,24+/m1/s1. The van der Waals surface area contributed by atoms with Crippen LogP contribution in [0.5, 0.6) is 5.75 Å². The Balaban J connectivity index is 1.83. The molecule has 1 aromatic rings. The molecule has 8 heteroatoms. The first-order valence-corrected chi connectivity index (χ1v) is 12.5. The zero-order valence-electron chi connectivity index (χ0n) is 19.3. The maximum atomic E-state index is 13.3. The molecule has 1 saturated heterocycles. The number of carbonyl (C=O) groups is 1. The van der Waals surface area contributed by atoms with E-state index in [1.165, 1.54) is 4.31 Å². The summed E-state index contributed by atoms with van der Waals surface area (Å²) in [6.45, 7) is 11.1. The molecule has 0 radical (unpaired) electrons. The minimum atomic E-state index is -3.67. The molecule has 178 valence electrons. The third-order valence-electron chi connectivity index (χ3n) is 5.74. The molecule has 0 saturated carbocycles. The highest BCUT2D eigenvalue weighted by Gasteiger charge is 2.39. The van der Waals surface area contributed by atoms with Gasteiger partial charge in [-0.1, -0.05) is 37.8 Å². The smallest absolute Gasteiger partial charge is 0.307 e. The number of rotatable bonds is 7.